The topological polar surface area (TPSA) is 138 Å². The maximum absolute atomic E-state index is 14.2. The molecule has 4 N–H and O–H groups in total. The highest BCUT2D eigenvalue weighted by atomic mass is 32.2. The van der Waals surface area contributed by atoms with Crippen LogP contribution in [0.1, 0.15) is 12.0 Å². The Kier molecular flexibility index (Phi) is 5.00. The third-order valence-electron chi connectivity index (χ3n) is 4.99. The minimum absolute atomic E-state index is 0.0149. The number of amides is 2. The van der Waals surface area contributed by atoms with Crippen LogP contribution in [0.3, 0.4) is 0 Å². The molecule has 0 bridgehead atoms. The lowest BCUT2D eigenvalue weighted by Crippen LogP contribution is -2.32. The average Bonchev–Trinajstić information content (AvgIpc) is 3.30. The second kappa shape index (κ2) is 7.50. The first-order valence-electron chi connectivity index (χ1n) is 9.06. The minimum atomic E-state index is -3.78. The molecule has 2 amide bonds. The molecule has 156 valence electrons. The molecule has 0 radical (unpaired) electrons. The zero-order valence-electron chi connectivity index (χ0n) is 15.6. The van der Waals surface area contributed by atoms with E-state index in [0.717, 1.165) is 0 Å². The number of nitrogens with two attached hydrogens (primary N) is 1. The summed E-state index contributed by atoms with van der Waals surface area (Å²) in [6.45, 7) is 0.248. The summed E-state index contributed by atoms with van der Waals surface area (Å²) in [4.78, 5) is 26.3. The molecule has 2 aromatic carbocycles. The molecule has 2 heterocycles. The maximum atomic E-state index is 14.2. The van der Waals surface area contributed by atoms with E-state index in [1.54, 1.807) is 18.2 Å². The number of fused-ring (bicyclic) bond motifs is 1. The van der Waals surface area contributed by atoms with Crippen molar-refractivity contribution in [1.29, 1.82) is 0 Å². The van der Waals surface area contributed by atoms with Gasteiger partial charge in [-0.15, -0.1) is 0 Å². The standard InChI is InChI=1S/C19H18FN5O4S/c20-14-2-1-3-15-17(14)18(24-23-15)25-10-12(8-16(25)26)19(27)22-9-11-4-6-13(7-5-11)30(21,28)29/h1-7,12H,8-10H2,(H,22,27)(H,23,24)(H2,21,28,29)/t12-/m0/s1. The van der Waals surface area contributed by atoms with Gasteiger partial charge in [0.25, 0.3) is 0 Å². The molecule has 9 nitrogen and oxygen atoms in total. The quantitative estimate of drug-likeness (QED) is 0.554. The molecule has 30 heavy (non-hydrogen) atoms. The second-order valence-electron chi connectivity index (χ2n) is 7.02. The molecule has 1 aliphatic rings. The minimum Gasteiger partial charge on any atom is -0.352 e. The Labute approximate surface area is 171 Å². The van der Waals surface area contributed by atoms with Crippen molar-refractivity contribution in [2.75, 3.05) is 11.4 Å². The molecule has 1 aliphatic heterocycles. The van der Waals surface area contributed by atoms with Gasteiger partial charge in [-0.05, 0) is 29.8 Å². The number of carbonyl (C=O) groups is 2. The summed E-state index contributed by atoms with van der Waals surface area (Å²) < 4.78 is 36.8. The van der Waals surface area contributed by atoms with E-state index >= 15 is 0 Å². The highest BCUT2D eigenvalue weighted by Crippen LogP contribution is 2.31. The Morgan fingerprint density at radius 1 is 1.27 bits per heavy atom. The van der Waals surface area contributed by atoms with E-state index in [4.69, 9.17) is 5.14 Å². The van der Waals surface area contributed by atoms with E-state index in [1.807, 2.05) is 0 Å². The first-order valence-corrected chi connectivity index (χ1v) is 10.6. The molecule has 1 aromatic heterocycles. The first kappa shape index (κ1) is 20.0. The zero-order valence-corrected chi connectivity index (χ0v) is 16.4. The number of hydrogen-bond donors (Lipinski definition) is 3. The van der Waals surface area contributed by atoms with E-state index in [-0.39, 0.29) is 47.4 Å². The second-order valence-corrected chi connectivity index (χ2v) is 8.58. The Balaban J connectivity index is 1.43. The molecule has 3 aromatic rings. The van der Waals surface area contributed by atoms with Crippen LogP contribution >= 0.6 is 0 Å². The number of anilines is 1. The maximum Gasteiger partial charge on any atom is 0.238 e. The van der Waals surface area contributed by atoms with Crippen LogP contribution < -0.4 is 15.4 Å². The normalized spacial score (nSPS) is 16.9. The van der Waals surface area contributed by atoms with E-state index < -0.39 is 21.8 Å². The summed E-state index contributed by atoms with van der Waals surface area (Å²) >= 11 is 0. The van der Waals surface area contributed by atoms with Crippen molar-refractivity contribution in [2.45, 2.75) is 17.9 Å². The van der Waals surface area contributed by atoms with Crippen LogP contribution in [-0.4, -0.2) is 37.0 Å². The van der Waals surface area contributed by atoms with Gasteiger partial charge in [0.2, 0.25) is 21.8 Å². The molecule has 1 saturated heterocycles. The molecule has 0 spiro atoms. The van der Waals surface area contributed by atoms with Crippen molar-refractivity contribution in [1.82, 2.24) is 15.5 Å². The smallest absolute Gasteiger partial charge is 0.238 e. The number of halogens is 1. The lowest BCUT2D eigenvalue weighted by Gasteiger charge is -2.14. The summed E-state index contributed by atoms with van der Waals surface area (Å²) in [6.07, 6.45) is -0.0149. The van der Waals surface area contributed by atoms with Crippen LogP contribution in [0.25, 0.3) is 10.9 Å². The predicted octanol–water partition coefficient (Wildman–Crippen LogP) is 1.02. The summed E-state index contributed by atoms with van der Waals surface area (Å²) in [7, 11) is -3.78. The number of primary sulfonamides is 1. The van der Waals surface area contributed by atoms with Crippen molar-refractivity contribution in [3.8, 4) is 0 Å². The molecule has 0 unspecified atom stereocenters. The van der Waals surface area contributed by atoms with Crippen LogP contribution in [-0.2, 0) is 26.2 Å². The van der Waals surface area contributed by atoms with Gasteiger partial charge in [-0.1, -0.05) is 18.2 Å². The molecular weight excluding hydrogens is 413 g/mol. The molecule has 1 atom stereocenters. The van der Waals surface area contributed by atoms with Crippen molar-refractivity contribution >= 4 is 38.6 Å². The lowest BCUT2D eigenvalue weighted by atomic mass is 10.1. The largest absolute Gasteiger partial charge is 0.352 e. The Bertz CT molecular complexity index is 1240. The van der Waals surface area contributed by atoms with Crippen LogP contribution in [0.15, 0.2) is 47.4 Å². The summed E-state index contributed by atoms with van der Waals surface area (Å²) in [5.41, 5.74) is 1.14. The van der Waals surface area contributed by atoms with Crippen LogP contribution in [0.5, 0.6) is 0 Å². The van der Waals surface area contributed by atoms with Gasteiger partial charge in [-0.25, -0.2) is 17.9 Å². The van der Waals surface area contributed by atoms with Crippen molar-refractivity contribution in [3.05, 3.63) is 53.8 Å². The fraction of sp³-hybridized carbons (Fsp3) is 0.211. The van der Waals surface area contributed by atoms with Crippen LogP contribution in [0.4, 0.5) is 10.2 Å². The zero-order chi connectivity index (χ0) is 21.5. The van der Waals surface area contributed by atoms with Gasteiger partial charge in [0.05, 0.1) is 21.7 Å². The summed E-state index contributed by atoms with van der Waals surface area (Å²) in [5.74, 6) is -1.59. The average molecular weight is 431 g/mol. The molecule has 11 heteroatoms. The molecular formula is C19H18FN5O4S. The number of carbonyl (C=O) groups excluding carboxylic acids is 2. The van der Waals surface area contributed by atoms with Crippen LogP contribution in [0, 0.1) is 11.7 Å². The number of nitrogens with one attached hydrogen (secondary N) is 2. The monoisotopic (exact) mass is 431 g/mol. The fourth-order valence-electron chi connectivity index (χ4n) is 3.43. The number of sulfonamides is 1. The fourth-order valence-corrected chi connectivity index (χ4v) is 3.94. The number of aromatic amines is 1. The van der Waals surface area contributed by atoms with Crippen molar-refractivity contribution in [2.24, 2.45) is 11.1 Å². The SMILES string of the molecule is NS(=O)(=O)c1ccc(CNC(=O)[C@H]2CC(=O)N(c3n[nH]c4cccc(F)c34)C2)cc1. The van der Waals surface area contributed by atoms with E-state index in [0.29, 0.717) is 11.1 Å². The van der Waals surface area contributed by atoms with Gasteiger partial charge < -0.3 is 5.32 Å². The van der Waals surface area contributed by atoms with Crippen LogP contribution in [0.2, 0.25) is 0 Å². The van der Waals surface area contributed by atoms with E-state index in [2.05, 4.69) is 15.5 Å². The Morgan fingerprint density at radius 2 is 2.00 bits per heavy atom. The van der Waals surface area contributed by atoms with Gasteiger partial charge in [0, 0.05) is 19.5 Å². The van der Waals surface area contributed by atoms with Gasteiger partial charge in [0.1, 0.15) is 5.82 Å². The number of hydrogen-bond acceptors (Lipinski definition) is 5. The predicted molar refractivity (Wildman–Crippen MR) is 106 cm³/mol. The Hall–Kier alpha value is -3.31. The van der Waals surface area contributed by atoms with Crippen molar-refractivity contribution < 1.29 is 22.4 Å². The lowest BCUT2D eigenvalue weighted by molar-refractivity contribution is -0.126. The van der Waals surface area contributed by atoms with E-state index in [1.165, 1.54) is 29.2 Å². The third-order valence-corrected chi connectivity index (χ3v) is 5.92. The summed E-state index contributed by atoms with van der Waals surface area (Å²) in [5, 5.41) is 14.7. The molecule has 1 fully saturated rings. The number of rotatable bonds is 5. The third kappa shape index (κ3) is 3.76. The van der Waals surface area contributed by atoms with Gasteiger partial charge >= 0.3 is 0 Å². The number of H-pyrrole nitrogens is 1. The number of nitrogens with zero attached hydrogens (tertiary/aromatic N) is 2. The number of aromatic nitrogens is 2. The van der Waals surface area contributed by atoms with E-state index in [9.17, 15) is 22.4 Å². The van der Waals surface area contributed by atoms with Gasteiger partial charge in [0.15, 0.2) is 5.82 Å². The molecule has 0 saturated carbocycles. The van der Waals surface area contributed by atoms with Gasteiger partial charge in [-0.2, -0.15) is 5.10 Å². The first-order chi connectivity index (χ1) is 14.2. The molecule has 4 rings (SSSR count). The van der Waals surface area contributed by atoms with Crippen molar-refractivity contribution in [3.63, 3.8) is 0 Å². The number of benzene rings is 2. The summed E-state index contributed by atoms with van der Waals surface area (Å²) in [6, 6.07) is 10.3. The Morgan fingerprint density at radius 3 is 2.70 bits per heavy atom. The highest BCUT2D eigenvalue weighted by molar-refractivity contribution is 7.89. The molecule has 0 aliphatic carbocycles. The van der Waals surface area contributed by atoms with Gasteiger partial charge in [-0.3, -0.25) is 19.6 Å². The highest BCUT2D eigenvalue weighted by Gasteiger charge is 2.37.